The molecule has 0 spiro atoms. The van der Waals surface area contributed by atoms with Crippen molar-refractivity contribution in [2.24, 2.45) is 17.8 Å². The number of ether oxygens (including phenoxy) is 5. The monoisotopic (exact) mass is 664 g/mol. The van der Waals surface area contributed by atoms with Gasteiger partial charge in [0.25, 0.3) is 0 Å². The summed E-state index contributed by atoms with van der Waals surface area (Å²) >= 11 is 0. The zero-order valence-electron chi connectivity index (χ0n) is 30.8. The average molecular weight is 665 g/mol. The highest BCUT2D eigenvalue weighted by molar-refractivity contribution is 5.89. The number of fused-ring (bicyclic) bond motifs is 1. The number of benzene rings is 2. The Morgan fingerprint density at radius 2 is 1.42 bits per heavy atom. The predicted molar refractivity (Wildman–Crippen MR) is 190 cm³/mol. The summed E-state index contributed by atoms with van der Waals surface area (Å²) in [4.78, 5) is 24.9. The van der Waals surface area contributed by atoms with Crippen LogP contribution in [0.15, 0.2) is 30.3 Å². The van der Waals surface area contributed by atoms with Crippen LogP contribution in [0.2, 0.25) is 0 Å². The van der Waals surface area contributed by atoms with Crippen molar-refractivity contribution in [2.45, 2.75) is 144 Å². The highest BCUT2D eigenvalue weighted by atomic mass is 16.7. The topological polar surface area (TPSA) is 83.6 Å². The second-order valence-corrected chi connectivity index (χ2v) is 15.3. The van der Waals surface area contributed by atoms with Gasteiger partial charge in [-0.3, -0.25) is 0 Å². The zero-order valence-corrected chi connectivity index (χ0v) is 30.8. The van der Waals surface area contributed by atoms with Crippen LogP contribution >= 0.6 is 0 Å². The number of rotatable bonds is 18. The second kappa shape index (κ2) is 17.6. The van der Waals surface area contributed by atoms with Crippen LogP contribution in [0.5, 0.6) is 11.5 Å². The van der Waals surface area contributed by atoms with Gasteiger partial charge >= 0.3 is 12.1 Å². The largest absolute Gasteiger partial charge is 0.513 e. The molecule has 2 heterocycles. The molecule has 5 atom stereocenters. The summed E-state index contributed by atoms with van der Waals surface area (Å²) in [5.41, 5.74) is 4.21. The van der Waals surface area contributed by atoms with E-state index in [0.717, 1.165) is 65.0 Å². The Hall–Kier alpha value is -3.06. The first-order valence-corrected chi connectivity index (χ1v) is 18.4. The molecule has 266 valence electrons. The molecule has 0 saturated carbocycles. The fourth-order valence-corrected chi connectivity index (χ4v) is 6.96. The van der Waals surface area contributed by atoms with Gasteiger partial charge in [0.1, 0.15) is 42.5 Å². The van der Waals surface area contributed by atoms with Gasteiger partial charge < -0.3 is 23.7 Å². The minimum Gasteiger partial charge on any atom is -0.487 e. The van der Waals surface area contributed by atoms with Crippen LogP contribution in [0, 0.1) is 38.5 Å². The number of hydrogen-bond donors (Lipinski definition) is 0. The van der Waals surface area contributed by atoms with Crippen molar-refractivity contribution in [1.29, 1.82) is 0 Å². The SMILES string of the molecule is Cc1c(C)c2c(c(C)c1OC(=O)OCC1OC1COC(=O)c1ccccc1)CCC(C)(CCCC(C)CCCC(C)CCCC(C)C)O2. The molecule has 2 aromatic rings. The standard InChI is InChI=1S/C41H60O7/c1-27(2)15-12-16-28(3)17-13-18-29(4)19-14-23-41(8)24-22-34-32(7)37(30(5)31(6)38(34)48-41)47-40(43)45-26-36-35(46-36)25-44-39(42)33-20-10-9-11-21-33/h9-11,20-21,27-29,35-36H,12-19,22-26H2,1-8H3. The molecule has 4 rings (SSSR count). The summed E-state index contributed by atoms with van der Waals surface area (Å²) in [5.74, 6) is 3.47. The predicted octanol–water partition coefficient (Wildman–Crippen LogP) is 10.3. The smallest absolute Gasteiger partial charge is 0.487 e. The first-order chi connectivity index (χ1) is 22.9. The Morgan fingerprint density at radius 3 is 2.06 bits per heavy atom. The van der Waals surface area contributed by atoms with Crippen molar-refractivity contribution in [2.75, 3.05) is 13.2 Å². The zero-order chi connectivity index (χ0) is 34.8. The number of epoxide rings is 1. The molecule has 1 saturated heterocycles. The summed E-state index contributed by atoms with van der Waals surface area (Å²) in [6.07, 6.45) is 12.0. The summed E-state index contributed by atoms with van der Waals surface area (Å²) in [7, 11) is 0. The molecule has 5 unspecified atom stereocenters. The van der Waals surface area contributed by atoms with E-state index in [4.69, 9.17) is 23.7 Å². The lowest BCUT2D eigenvalue weighted by Gasteiger charge is -2.38. The molecule has 0 aliphatic carbocycles. The van der Waals surface area contributed by atoms with Crippen molar-refractivity contribution in [1.82, 2.24) is 0 Å². The van der Waals surface area contributed by atoms with E-state index in [-0.39, 0.29) is 31.0 Å². The molecule has 2 aliphatic rings. The van der Waals surface area contributed by atoms with Crippen LogP contribution in [0.4, 0.5) is 4.79 Å². The average Bonchev–Trinajstić information content (AvgIpc) is 3.82. The minimum atomic E-state index is -0.771. The first kappa shape index (κ1) is 37.8. The fraction of sp³-hybridized carbons (Fsp3) is 0.659. The quantitative estimate of drug-likeness (QED) is 0.0891. The lowest BCUT2D eigenvalue weighted by atomic mass is 9.83. The highest BCUT2D eigenvalue weighted by Gasteiger charge is 2.41. The highest BCUT2D eigenvalue weighted by Crippen LogP contribution is 2.45. The molecule has 48 heavy (non-hydrogen) atoms. The lowest BCUT2D eigenvalue weighted by molar-refractivity contribution is 0.0476. The molecule has 2 aliphatic heterocycles. The van der Waals surface area contributed by atoms with E-state index in [2.05, 4.69) is 34.6 Å². The summed E-state index contributed by atoms with van der Waals surface area (Å²) in [6, 6.07) is 8.80. The van der Waals surface area contributed by atoms with Gasteiger partial charge in [-0.05, 0) is 100.0 Å². The van der Waals surface area contributed by atoms with Crippen LogP contribution in [0.3, 0.4) is 0 Å². The van der Waals surface area contributed by atoms with Crippen molar-refractivity contribution < 1.29 is 33.3 Å². The molecule has 7 nitrogen and oxygen atoms in total. The van der Waals surface area contributed by atoms with E-state index in [1.807, 2.05) is 26.8 Å². The van der Waals surface area contributed by atoms with Gasteiger partial charge in [-0.25, -0.2) is 9.59 Å². The van der Waals surface area contributed by atoms with Crippen LogP contribution in [0.1, 0.15) is 131 Å². The van der Waals surface area contributed by atoms with Gasteiger partial charge in [-0.1, -0.05) is 90.8 Å². The maximum Gasteiger partial charge on any atom is 0.513 e. The van der Waals surface area contributed by atoms with E-state index in [9.17, 15) is 9.59 Å². The molecule has 0 aromatic heterocycles. The molecule has 0 N–H and O–H groups in total. The third-order valence-corrected chi connectivity index (χ3v) is 10.5. The van der Waals surface area contributed by atoms with Gasteiger partial charge in [-0.15, -0.1) is 0 Å². The Morgan fingerprint density at radius 1 is 0.812 bits per heavy atom. The van der Waals surface area contributed by atoms with Gasteiger partial charge in [0.2, 0.25) is 0 Å². The number of carbonyl (C=O) groups excluding carboxylic acids is 2. The molecule has 0 radical (unpaired) electrons. The summed E-state index contributed by atoms with van der Waals surface area (Å²) < 4.78 is 28.7. The normalized spacial score (nSPS) is 21.2. The van der Waals surface area contributed by atoms with Crippen molar-refractivity contribution in [3.63, 3.8) is 0 Å². The molecule has 0 bridgehead atoms. The van der Waals surface area contributed by atoms with Crippen molar-refractivity contribution >= 4 is 12.1 Å². The molecular formula is C41H60O7. The number of carbonyl (C=O) groups is 2. The van der Waals surface area contributed by atoms with E-state index < -0.39 is 12.1 Å². The summed E-state index contributed by atoms with van der Waals surface area (Å²) in [6.45, 7) is 17.9. The van der Waals surface area contributed by atoms with Gasteiger partial charge in [-0.2, -0.15) is 0 Å². The van der Waals surface area contributed by atoms with E-state index in [1.54, 1.807) is 24.3 Å². The maximum absolute atomic E-state index is 12.7. The second-order valence-electron chi connectivity index (χ2n) is 15.3. The van der Waals surface area contributed by atoms with Gasteiger partial charge in [0, 0.05) is 5.56 Å². The number of esters is 1. The molecule has 0 amide bonds. The summed E-state index contributed by atoms with van der Waals surface area (Å²) in [5, 5.41) is 0. The van der Waals surface area contributed by atoms with Crippen LogP contribution in [-0.4, -0.2) is 43.1 Å². The molecule has 2 aromatic carbocycles. The Kier molecular flexibility index (Phi) is 13.8. The Balaban J connectivity index is 1.19. The van der Waals surface area contributed by atoms with Crippen LogP contribution in [-0.2, 0) is 20.6 Å². The third-order valence-electron chi connectivity index (χ3n) is 10.5. The molecule has 7 heteroatoms. The van der Waals surface area contributed by atoms with E-state index in [1.165, 1.54) is 51.4 Å². The van der Waals surface area contributed by atoms with Crippen molar-refractivity contribution in [3.05, 3.63) is 58.1 Å². The maximum atomic E-state index is 12.7. The Labute approximate surface area is 289 Å². The molecule has 1 fully saturated rings. The minimum absolute atomic E-state index is 0.0338. The first-order valence-electron chi connectivity index (χ1n) is 18.4. The van der Waals surface area contributed by atoms with E-state index in [0.29, 0.717) is 11.3 Å². The van der Waals surface area contributed by atoms with Crippen LogP contribution < -0.4 is 9.47 Å². The van der Waals surface area contributed by atoms with Gasteiger partial charge in [0.15, 0.2) is 0 Å². The third kappa shape index (κ3) is 11.0. The van der Waals surface area contributed by atoms with Crippen LogP contribution in [0.25, 0.3) is 0 Å². The Bertz CT molecular complexity index is 1350. The van der Waals surface area contributed by atoms with Gasteiger partial charge in [0.05, 0.1) is 5.56 Å². The number of hydrogen-bond acceptors (Lipinski definition) is 7. The van der Waals surface area contributed by atoms with Crippen molar-refractivity contribution in [3.8, 4) is 11.5 Å². The fourth-order valence-electron chi connectivity index (χ4n) is 6.96. The lowest BCUT2D eigenvalue weighted by Crippen LogP contribution is -2.37. The molecular weight excluding hydrogens is 604 g/mol. The van der Waals surface area contributed by atoms with E-state index >= 15 is 0 Å².